The summed E-state index contributed by atoms with van der Waals surface area (Å²) in [5.74, 6) is 0.696. The van der Waals surface area contributed by atoms with Crippen LogP contribution >= 0.6 is 0 Å². The molecule has 1 unspecified atom stereocenters. The average Bonchev–Trinajstić information content (AvgIpc) is 2.68. The molecule has 0 radical (unpaired) electrons. The van der Waals surface area contributed by atoms with E-state index in [0.717, 1.165) is 32.6 Å². The lowest BCUT2D eigenvalue weighted by Crippen LogP contribution is -2.47. The summed E-state index contributed by atoms with van der Waals surface area (Å²) in [5, 5.41) is 3.48. The number of nitrogens with zero attached hydrogens (tertiary/aromatic N) is 1. The monoisotopic (exact) mass is 388 g/mol. The van der Waals surface area contributed by atoms with Gasteiger partial charge in [-0.25, -0.2) is 8.42 Å². The SMILES string of the molecule is CCc1ccc(C2CNCCN2CCOc2ccc(S(C)(=O)=O)cc2)cc1. The molecule has 1 atom stereocenters. The van der Waals surface area contributed by atoms with E-state index in [0.29, 0.717) is 23.3 Å². The van der Waals surface area contributed by atoms with Gasteiger partial charge in [0, 0.05) is 38.5 Å². The minimum absolute atomic E-state index is 0.313. The molecule has 0 spiro atoms. The standard InChI is InChI=1S/C21H28N2O3S/c1-3-17-4-6-18(7-5-17)21-16-22-12-13-23(21)14-15-26-19-8-10-20(11-9-19)27(2,24)25/h4-11,21-22H,3,12-16H2,1-2H3. The minimum atomic E-state index is -3.17. The normalized spacial score (nSPS) is 18.4. The van der Waals surface area contributed by atoms with Crippen molar-refractivity contribution < 1.29 is 13.2 Å². The number of piperazine rings is 1. The third-order valence-electron chi connectivity index (χ3n) is 5.03. The van der Waals surface area contributed by atoms with Crippen molar-refractivity contribution in [2.45, 2.75) is 24.3 Å². The largest absolute Gasteiger partial charge is 0.492 e. The van der Waals surface area contributed by atoms with Gasteiger partial charge in [-0.15, -0.1) is 0 Å². The second-order valence-corrected chi connectivity index (χ2v) is 8.96. The molecular weight excluding hydrogens is 360 g/mol. The van der Waals surface area contributed by atoms with E-state index in [2.05, 4.69) is 41.4 Å². The van der Waals surface area contributed by atoms with Crippen LogP contribution in [0.25, 0.3) is 0 Å². The summed E-state index contributed by atoms with van der Waals surface area (Å²) in [6.07, 6.45) is 2.26. The van der Waals surface area contributed by atoms with Crippen molar-refractivity contribution >= 4 is 9.84 Å². The molecule has 0 bridgehead atoms. The van der Waals surface area contributed by atoms with Crippen LogP contribution in [0, 0.1) is 0 Å². The Bertz CT molecular complexity index is 833. The molecule has 0 aliphatic carbocycles. The summed E-state index contributed by atoms with van der Waals surface area (Å²) >= 11 is 0. The summed E-state index contributed by atoms with van der Waals surface area (Å²) in [4.78, 5) is 2.76. The number of hydrogen-bond donors (Lipinski definition) is 1. The van der Waals surface area contributed by atoms with E-state index in [9.17, 15) is 8.42 Å². The molecule has 1 aliphatic rings. The zero-order chi connectivity index (χ0) is 19.3. The van der Waals surface area contributed by atoms with Gasteiger partial charge in [0.05, 0.1) is 4.90 Å². The smallest absolute Gasteiger partial charge is 0.175 e. The van der Waals surface area contributed by atoms with Crippen molar-refractivity contribution in [2.75, 3.05) is 39.0 Å². The Balaban J connectivity index is 1.58. The molecule has 5 nitrogen and oxygen atoms in total. The van der Waals surface area contributed by atoms with E-state index in [4.69, 9.17) is 4.74 Å². The number of ether oxygens (including phenoxy) is 1. The molecule has 1 heterocycles. The summed E-state index contributed by atoms with van der Waals surface area (Å²) in [7, 11) is -3.17. The van der Waals surface area contributed by atoms with E-state index >= 15 is 0 Å². The Labute approximate surface area is 162 Å². The first-order valence-electron chi connectivity index (χ1n) is 9.44. The van der Waals surface area contributed by atoms with Crippen molar-refractivity contribution in [2.24, 2.45) is 0 Å². The van der Waals surface area contributed by atoms with Gasteiger partial charge in [0.25, 0.3) is 0 Å². The van der Waals surface area contributed by atoms with Crippen LogP contribution < -0.4 is 10.1 Å². The molecule has 1 N–H and O–H groups in total. The van der Waals surface area contributed by atoms with Gasteiger partial charge < -0.3 is 10.1 Å². The maximum atomic E-state index is 11.5. The third kappa shape index (κ3) is 5.31. The Morgan fingerprint density at radius 3 is 2.44 bits per heavy atom. The van der Waals surface area contributed by atoms with Crippen LogP contribution in [-0.2, 0) is 16.3 Å². The Hall–Kier alpha value is -1.89. The Morgan fingerprint density at radius 1 is 1.11 bits per heavy atom. The maximum Gasteiger partial charge on any atom is 0.175 e. The third-order valence-corrected chi connectivity index (χ3v) is 6.15. The first kappa shape index (κ1) is 19.9. The van der Waals surface area contributed by atoms with Crippen LogP contribution in [0.3, 0.4) is 0 Å². The van der Waals surface area contributed by atoms with Gasteiger partial charge in [0.2, 0.25) is 0 Å². The topological polar surface area (TPSA) is 58.6 Å². The zero-order valence-electron chi connectivity index (χ0n) is 16.0. The quantitative estimate of drug-likeness (QED) is 0.790. The lowest BCUT2D eigenvalue weighted by Gasteiger charge is -2.36. The molecule has 2 aromatic carbocycles. The summed E-state index contributed by atoms with van der Waals surface area (Å²) in [6, 6.07) is 15.8. The van der Waals surface area contributed by atoms with E-state index < -0.39 is 9.84 Å². The average molecular weight is 389 g/mol. The first-order chi connectivity index (χ1) is 13.0. The number of nitrogens with one attached hydrogen (secondary N) is 1. The van der Waals surface area contributed by atoms with Crippen molar-refractivity contribution in [3.05, 3.63) is 59.7 Å². The van der Waals surface area contributed by atoms with Crippen LogP contribution in [-0.4, -0.2) is 52.4 Å². The van der Waals surface area contributed by atoms with E-state index in [1.54, 1.807) is 24.3 Å². The predicted octanol–water partition coefficient (Wildman–Crippen LogP) is 2.68. The fourth-order valence-electron chi connectivity index (χ4n) is 3.38. The van der Waals surface area contributed by atoms with Crippen molar-refractivity contribution in [1.82, 2.24) is 10.2 Å². The predicted molar refractivity (Wildman–Crippen MR) is 108 cm³/mol. The second-order valence-electron chi connectivity index (χ2n) is 6.94. The van der Waals surface area contributed by atoms with E-state index in [-0.39, 0.29) is 0 Å². The van der Waals surface area contributed by atoms with Gasteiger partial charge >= 0.3 is 0 Å². The fourth-order valence-corrected chi connectivity index (χ4v) is 4.01. The van der Waals surface area contributed by atoms with Gasteiger partial charge in [-0.05, 0) is 41.8 Å². The molecule has 0 saturated carbocycles. The molecule has 0 aromatic heterocycles. The molecule has 1 aliphatic heterocycles. The fraction of sp³-hybridized carbons (Fsp3) is 0.429. The van der Waals surface area contributed by atoms with Crippen LogP contribution in [0.4, 0.5) is 0 Å². The second kappa shape index (κ2) is 8.87. The molecule has 2 aromatic rings. The lowest BCUT2D eigenvalue weighted by atomic mass is 10.0. The Morgan fingerprint density at radius 2 is 1.81 bits per heavy atom. The number of aryl methyl sites for hydroxylation is 1. The highest BCUT2D eigenvalue weighted by Crippen LogP contribution is 2.23. The number of benzene rings is 2. The molecule has 6 heteroatoms. The zero-order valence-corrected chi connectivity index (χ0v) is 16.8. The van der Waals surface area contributed by atoms with Crippen LogP contribution in [0.1, 0.15) is 24.1 Å². The highest BCUT2D eigenvalue weighted by molar-refractivity contribution is 7.90. The molecule has 146 valence electrons. The number of rotatable bonds is 7. The summed E-state index contributed by atoms with van der Waals surface area (Å²) in [6.45, 7) is 6.47. The lowest BCUT2D eigenvalue weighted by molar-refractivity contribution is 0.134. The summed E-state index contributed by atoms with van der Waals surface area (Å²) in [5.41, 5.74) is 2.69. The van der Waals surface area contributed by atoms with Crippen molar-refractivity contribution in [3.8, 4) is 5.75 Å². The molecule has 0 amide bonds. The number of sulfone groups is 1. The van der Waals surface area contributed by atoms with Gasteiger partial charge in [-0.1, -0.05) is 31.2 Å². The van der Waals surface area contributed by atoms with E-state index in [1.165, 1.54) is 17.4 Å². The van der Waals surface area contributed by atoms with Gasteiger partial charge in [0.15, 0.2) is 9.84 Å². The number of hydrogen-bond acceptors (Lipinski definition) is 5. The molecule has 3 rings (SSSR count). The first-order valence-corrected chi connectivity index (χ1v) is 11.3. The van der Waals surface area contributed by atoms with Crippen molar-refractivity contribution in [3.63, 3.8) is 0 Å². The van der Waals surface area contributed by atoms with Gasteiger partial charge in [0.1, 0.15) is 12.4 Å². The van der Waals surface area contributed by atoms with Gasteiger partial charge in [-0.3, -0.25) is 4.90 Å². The highest BCUT2D eigenvalue weighted by Gasteiger charge is 2.23. The van der Waals surface area contributed by atoms with Crippen LogP contribution in [0.15, 0.2) is 53.4 Å². The molecule has 1 fully saturated rings. The van der Waals surface area contributed by atoms with Crippen molar-refractivity contribution in [1.29, 1.82) is 0 Å². The van der Waals surface area contributed by atoms with Crippen LogP contribution in [0.2, 0.25) is 0 Å². The molecule has 27 heavy (non-hydrogen) atoms. The van der Waals surface area contributed by atoms with Crippen LogP contribution in [0.5, 0.6) is 5.75 Å². The van der Waals surface area contributed by atoms with Gasteiger partial charge in [-0.2, -0.15) is 0 Å². The minimum Gasteiger partial charge on any atom is -0.492 e. The maximum absolute atomic E-state index is 11.5. The highest BCUT2D eigenvalue weighted by atomic mass is 32.2. The molecule has 1 saturated heterocycles. The molecular formula is C21H28N2O3S. The summed E-state index contributed by atoms with van der Waals surface area (Å²) < 4.78 is 28.9. The Kier molecular flexibility index (Phi) is 6.52. The van der Waals surface area contributed by atoms with E-state index in [1.807, 2.05) is 0 Å².